The second-order valence-electron chi connectivity index (χ2n) is 4.57. The third-order valence-electron chi connectivity index (χ3n) is 2.94. The van der Waals surface area contributed by atoms with Gasteiger partial charge in [0.1, 0.15) is 0 Å². The molecule has 0 aromatic carbocycles. The van der Waals surface area contributed by atoms with Crippen LogP contribution in [0.5, 0.6) is 0 Å². The Kier molecular flexibility index (Phi) is 5.55. The largest absolute Gasteiger partial charge is 0.436 e. The van der Waals surface area contributed by atoms with Crippen molar-refractivity contribution in [2.45, 2.75) is 52.1 Å². The molecule has 0 spiro atoms. The minimum absolute atomic E-state index is 0.533. The van der Waals surface area contributed by atoms with Gasteiger partial charge in [-0.3, -0.25) is 9.59 Å². The Morgan fingerprint density at radius 1 is 0.944 bits per heavy atom. The zero-order chi connectivity index (χ0) is 13.7. The van der Waals surface area contributed by atoms with E-state index in [1.165, 1.54) is 13.8 Å². The second kappa shape index (κ2) is 6.70. The summed E-state index contributed by atoms with van der Waals surface area (Å²) in [5, 5.41) is 18.0. The smallest absolute Gasteiger partial charge is 0.312 e. The molecule has 0 aromatic rings. The van der Waals surface area contributed by atoms with Gasteiger partial charge in [0.25, 0.3) is 0 Å². The van der Waals surface area contributed by atoms with Crippen LogP contribution >= 0.6 is 0 Å². The highest BCUT2D eigenvalue weighted by atomic mass is 16.6. The number of carbonyl (C=O) groups is 2. The van der Waals surface area contributed by atoms with Crippen LogP contribution in [0.3, 0.4) is 0 Å². The Hall–Kier alpha value is -1.14. The minimum Gasteiger partial charge on any atom is -0.436 e. The summed E-state index contributed by atoms with van der Waals surface area (Å²) in [6.45, 7) is 2.67. The first kappa shape index (κ1) is 14.9. The molecule has 0 saturated heterocycles. The lowest BCUT2D eigenvalue weighted by atomic mass is 9.79. The second-order valence-corrected chi connectivity index (χ2v) is 4.57. The van der Waals surface area contributed by atoms with E-state index in [0.29, 0.717) is 12.8 Å². The third kappa shape index (κ3) is 4.27. The first-order chi connectivity index (χ1) is 8.41. The third-order valence-corrected chi connectivity index (χ3v) is 2.94. The van der Waals surface area contributed by atoms with Crippen molar-refractivity contribution in [3.63, 3.8) is 0 Å². The molecule has 0 heterocycles. The summed E-state index contributed by atoms with van der Waals surface area (Å²) in [6.07, 6.45) is 0.354. The standard InChI is InChI=1S/C12H20O6/c1-7(13)17-11(15)9-5-3-4-6-10(9)12(16)18-8(2)14/h7-10,13-14H,3-6H2,1-2H3. The number of aliphatic hydroxyl groups excluding tert-OH is 2. The molecule has 4 atom stereocenters. The van der Waals surface area contributed by atoms with Gasteiger partial charge in [-0.05, 0) is 26.7 Å². The molecule has 104 valence electrons. The van der Waals surface area contributed by atoms with Crippen LogP contribution in [-0.2, 0) is 19.1 Å². The van der Waals surface area contributed by atoms with Crippen molar-refractivity contribution in [2.75, 3.05) is 0 Å². The molecule has 0 aliphatic heterocycles. The van der Waals surface area contributed by atoms with E-state index >= 15 is 0 Å². The van der Waals surface area contributed by atoms with Crippen molar-refractivity contribution < 1.29 is 29.3 Å². The topological polar surface area (TPSA) is 93.1 Å². The zero-order valence-corrected chi connectivity index (χ0v) is 10.7. The fraction of sp³-hybridized carbons (Fsp3) is 0.833. The van der Waals surface area contributed by atoms with Gasteiger partial charge in [0, 0.05) is 0 Å². The minimum atomic E-state index is -1.19. The lowest BCUT2D eigenvalue weighted by molar-refractivity contribution is -0.184. The molecule has 6 heteroatoms. The lowest BCUT2D eigenvalue weighted by Crippen LogP contribution is -2.37. The lowest BCUT2D eigenvalue weighted by Gasteiger charge is -2.28. The van der Waals surface area contributed by atoms with Crippen LogP contribution in [0, 0.1) is 11.8 Å². The number of rotatable bonds is 4. The number of ether oxygens (including phenoxy) is 2. The van der Waals surface area contributed by atoms with Gasteiger partial charge in [-0.15, -0.1) is 0 Å². The Labute approximate surface area is 106 Å². The predicted octanol–water partition coefficient (Wildman–Crippen LogP) is 0.556. The first-order valence-corrected chi connectivity index (χ1v) is 6.19. The van der Waals surface area contributed by atoms with Gasteiger partial charge in [-0.25, -0.2) is 0 Å². The van der Waals surface area contributed by atoms with E-state index in [4.69, 9.17) is 19.7 Å². The molecule has 6 nitrogen and oxygen atoms in total. The average Bonchev–Trinajstić information content (AvgIpc) is 2.27. The summed E-state index contributed by atoms with van der Waals surface area (Å²) >= 11 is 0. The van der Waals surface area contributed by atoms with Gasteiger partial charge in [-0.1, -0.05) is 12.8 Å². The van der Waals surface area contributed by atoms with Crippen LogP contribution in [-0.4, -0.2) is 34.7 Å². The molecule has 1 aliphatic rings. The zero-order valence-electron chi connectivity index (χ0n) is 10.7. The van der Waals surface area contributed by atoms with Gasteiger partial charge < -0.3 is 19.7 Å². The quantitative estimate of drug-likeness (QED) is 0.566. The Morgan fingerprint density at radius 3 is 1.56 bits per heavy atom. The highest BCUT2D eigenvalue weighted by Gasteiger charge is 2.38. The molecular weight excluding hydrogens is 240 g/mol. The fourth-order valence-corrected chi connectivity index (χ4v) is 2.21. The van der Waals surface area contributed by atoms with Crippen LogP contribution in [0.1, 0.15) is 39.5 Å². The van der Waals surface area contributed by atoms with Gasteiger partial charge in [0.05, 0.1) is 11.8 Å². The van der Waals surface area contributed by atoms with E-state index in [9.17, 15) is 9.59 Å². The van der Waals surface area contributed by atoms with Crippen molar-refractivity contribution in [2.24, 2.45) is 11.8 Å². The van der Waals surface area contributed by atoms with Gasteiger partial charge >= 0.3 is 11.9 Å². The van der Waals surface area contributed by atoms with E-state index in [-0.39, 0.29) is 0 Å². The maximum absolute atomic E-state index is 11.8. The van der Waals surface area contributed by atoms with Crippen LogP contribution in [0.2, 0.25) is 0 Å². The average molecular weight is 260 g/mol. The summed E-state index contributed by atoms with van der Waals surface area (Å²) in [5.41, 5.74) is 0. The summed E-state index contributed by atoms with van der Waals surface area (Å²) in [4.78, 5) is 23.5. The summed E-state index contributed by atoms with van der Waals surface area (Å²) in [7, 11) is 0. The van der Waals surface area contributed by atoms with E-state index < -0.39 is 36.4 Å². The molecule has 1 aliphatic carbocycles. The summed E-state index contributed by atoms with van der Waals surface area (Å²) in [5.74, 6) is -2.37. The molecule has 0 aromatic heterocycles. The first-order valence-electron chi connectivity index (χ1n) is 6.19. The molecule has 1 rings (SSSR count). The van der Waals surface area contributed by atoms with Crippen molar-refractivity contribution >= 4 is 11.9 Å². The highest BCUT2D eigenvalue weighted by molar-refractivity contribution is 5.82. The van der Waals surface area contributed by atoms with E-state index in [1.807, 2.05) is 0 Å². The molecule has 4 unspecified atom stereocenters. The maximum atomic E-state index is 11.8. The molecule has 0 radical (unpaired) electrons. The number of esters is 2. The molecule has 0 bridgehead atoms. The van der Waals surface area contributed by atoms with Gasteiger partial charge in [0.2, 0.25) is 0 Å². The summed E-state index contributed by atoms with van der Waals surface area (Å²) < 4.78 is 9.44. The molecule has 1 fully saturated rings. The Morgan fingerprint density at radius 2 is 1.28 bits per heavy atom. The molecule has 1 saturated carbocycles. The van der Waals surface area contributed by atoms with Crippen LogP contribution < -0.4 is 0 Å². The summed E-state index contributed by atoms with van der Waals surface area (Å²) in [6, 6.07) is 0. The molecule has 2 N–H and O–H groups in total. The fourth-order valence-electron chi connectivity index (χ4n) is 2.21. The molecule has 0 amide bonds. The van der Waals surface area contributed by atoms with Crippen molar-refractivity contribution in [3.05, 3.63) is 0 Å². The van der Waals surface area contributed by atoms with E-state index in [2.05, 4.69) is 0 Å². The van der Waals surface area contributed by atoms with Crippen molar-refractivity contribution in [1.29, 1.82) is 0 Å². The number of carbonyl (C=O) groups excluding carboxylic acids is 2. The van der Waals surface area contributed by atoms with Gasteiger partial charge in [0.15, 0.2) is 12.6 Å². The van der Waals surface area contributed by atoms with E-state index in [0.717, 1.165) is 12.8 Å². The number of aliphatic hydroxyl groups is 2. The van der Waals surface area contributed by atoms with Crippen LogP contribution in [0.25, 0.3) is 0 Å². The molecular formula is C12H20O6. The highest BCUT2D eigenvalue weighted by Crippen LogP contribution is 2.32. The SMILES string of the molecule is CC(O)OC(=O)C1CCCCC1C(=O)OC(C)O. The van der Waals surface area contributed by atoms with Crippen LogP contribution in [0.15, 0.2) is 0 Å². The maximum Gasteiger partial charge on any atom is 0.312 e. The Bertz CT molecular complexity index is 269. The number of hydrogen-bond acceptors (Lipinski definition) is 6. The van der Waals surface area contributed by atoms with Crippen molar-refractivity contribution in [3.8, 4) is 0 Å². The van der Waals surface area contributed by atoms with Gasteiger partial charge in [-0.2, -0.15) is 0 Å². The normalized spacial score (nSPS) is 27.1. The van der Waals surface area contributed by atoms with Crippen LogP contribution in [0.4, 0.5) is 0 Å². The monoisotopic (exact) mass is 260 g/mol. The molecule has 18 heavy (non-hydrogen) atoms. The Balaban J connectivity index is 2.67. The van der Waals surface area contributed by atoms with E-state index in [1.54, 1.807) is 0 Å². The predicted molar refractivity (Wildman–Crippen MR) is 61.0 cm³/mol. The number of hydrogen-bond donors (Lipinski definition) is 2. The van der Waals surface area contributed by atoms with Crippen molar-refractivity contribution in [1.82, 2.24) is 0 Å².